The molecular weight excluding hydrogens is 455 g/mol. The van der Waals surface area contributed by atoms with Crippen LogP contribution in [0.1, 0.15) is 18.7 Å². The minimum atomic E-state index is -0.496. The number of hydrogen-bond donors (Lipinski definition) is 1. The molecule has 2 saturated heterocycles. The maximum atomic E-state index is 15.0. The number of aryl methyl sites for hydroxylation is 1. The largest absolute Gasteiger partial charge is 0.442 e. The number of amides is 1. The molecule has 4 rings (SSSR count). The van der Waals surface area contributed by atoms with Gasteiger partial charge in [-0.1, -0.05) is 24.4 Å². The predicted molar refractivity (Wildman–Crippen MR) is 125 cm³/mol. The number of ether oxygens (including phenoxy) is 1. The van der Waals surface area contributed by atoms with Gasteiger partial charge in [-0.3, -0.25) is 4.90 Å². The standard InChI is InChI=1S/C20H23FN6O3S2/c1-12-23-24-18(29-12)19(32)26-7-5-25(6-8-26)17-4-3-14(9-16(17)21)27-11-15(30-20(27)28)10-22-13(2)31/h3-4,9,15H,5-8,10-11H2,1-2H3,(H,22,31). The van der Waals surface area contributed by atoms with E-state index in [0.29, 0.717) is 72.4 Å². The first kappa shape index (κ1) is 22.3. The highest BCUT2D eigenvalue weighted by Crippen LogP contribution is 2.28. The van der Waals surface area contributed by atoms with Crippen molar-refractivity contribution in [3.05, 3.63) is 35.8 Å². The number of carbonyl (C=O) groups excluding carboxylic acids is 1. The number of benzene rings is 1. The van der Waals surface area contributed by atoms with E-state index in [9.17, 15) is 9.18 Å². The minimum absolute atomic E-state index is 0.327. The molecule has 1 amide bonds. The van der Waals surface area contributed by atoms with Gasteiger partial charge >= 0.3 is 6.09 Å². The van der Waals surface area contributed by atoms with Gasteiger partial charge in [-0.2, -0.15) is 0 Å². The Kier molecular flexibility index (Phi) is 6.51. The molecule has 2 aliphatic rings. The van der Waals surface area contributed by atoms with E-state index in [0.717, 1.165) is 0 Å². The SMILES string of the molecule is CC(=S)NCC1CN(c2ccc(N3CCN(C(=S)c4nnc(C)o4)CC3)c(F)c2)C(=O)O1. The Morgan fingerprint density at radius 1 is 1.25 bits per heavy atom. The van der Waals surface area contributed by atoms with E-state index >= 15 is 0 Å². The van der Waals surface area contributed by atoms with Gasteiger partial charge < -0.3 is 24.3 Å². The zero-order valence-corrected chi connectivity index (χ0v) is 19.3. The number of cyclic esters (lactones) is 1. The molecule has 1 atom stereocenters. The fourth-order valence-corrected chi connectivity index (χ4v) is 4.03. The first-order valence-electron chi connectivity index (χ1n) is 10.2. The number of nitrogens with one attached hydrogen (secondary N) is 1. The number of anilines is 2. The number of halogens is 1. The molecule has 32 heavy (non-hydrogen) atoms. The maximum absolute atomic E-state index is 15.0. The molecule has 2 aliphatic heterocycles. The smallest absolute Gasteiger partial charge is 0.414 e. The first-order valence-corrected chi connectivity index (χ1v) is 11.0. The summed E-state index contributed by atoms with van der Waals surface area (Å²) in [6.45, 7) is 6.61. The summed E-state index contributed by atoms with van der Waals surface area (Å²) in [7, 11) is 0. The highest BCUT2D eigenvalue weighted by molar-refractivity contribution is 7.80. The maximum Gasteiger partial charge on any atom is 0.414 e. The average Bonchev–Trinajstić information content (AvgIpc) is 3.37. The number of piperazine rings is 1. The van der Waals surface area contributed by atoms with E-state index in [1.165, 1.54) is 11.0 Å². The normalized spacial score (nSPS) is 18.7. The van der Waals surface area contributed by atoms with Crippen LogP contribution in [0.2, 0.25) is 0 Å². The number of nitrogens with zero attached hydrogens (tertiary/aromatic N) is 5. The van der Waals surface area contributed by atoms with E-state index in [2.05, 4.69) is 15.5 Å². The quantitative estimate of drug-likeness (QED) is 0.646. The van der Waals surface area contributed by atoms with Crippen LogP contribution in [0.25, 0.3) is 0 Å². The second-order valence-electron chi connectivity index (χ2n) is 7.59. The lowest BCUT2D eigenvalue weighted by molar-refractivity contribution is 0.143. The number of carbonyl (C=O) groups is 1. The van der Waals surface area contributed by atoms with Crippen LogP contribution in [-0.4, -0.2) is 76.5 Å². The highest BCUT2D eigenvalue weighted by Gasteiger charge is 2.33. The van der Waals surface area contributed by atoms with Gasteiger partial charge in [-0.25, -0.2) is 9.18 Å². The van der Waals surface area contributed by atoms with Crippen LogP contribution in [0.5, 0.6) is 0 Å². The van der Waals surface area contributed by atoms with Crippen molar-refractivity contribution in [2.24, 2.45) is 0 Å². The molecule has 0 bridgehead atoms. The first-order chi connectivity index (χ1) is 15.3. The summed E-state index contributed by atoms with van der Waals surface area (Å²) in [4.78, 5) is 18.7. The van der Waals surface area contributed by atoms with Crippen LogP contribution < -0.4 is 15.1 Å². The lowest BCUT2D eigenvalue weighted by Gasteiger charge is -2.36. The summed E-state index contributed by atoms with van der Waals surface area (Å²) < 4.78 is 25.7. The van der Waals surface area contributed by atoms with Gasteiger partial charge in [-0.05, 0) is 25.1 Å². The fourth-order valence-electron chi connectivity index (χ4n) is 3.69. The van der Waals surface area contributed by atoms with Crippen LogP contribution in [0.4, 0.5) is 20.6 Å². The second kappa shape index (κ2) is 9.33. The van der Waals surface area contributed by atoms with Crippen molar-refractivity contribution in [2.75, 3.05) is 49.1 Å². The Morgan fingerprint density at radius 3 is 2.62 bits per heavy atom. The number of rotatable bonds is 5. The monoisotopic (exact) mass is 478 g/mol. The molecule has 170 valence electrons. The molecule has 1 unspecified atom stereocenters. The summed E-state index contributed by atoms with van der Waals surface area (Å²) in [5, 5.41) is 10.8. The number of thiocarbonyl (C=S) groups is 2. The Hall–Kier alpha value is -2.86. The van der Waals surface area contributed by atoms with Crippen LogP contribution in [-0.2, 0) is 4.74 Å². The molecule has 0 radical (unpaired) electrons. The third-order valence-corrected chi connectivity index (χ3v) is 5.89. The Labute approximate surface area is 195 Å². The summed E-state index contributed by atoms with van der Waals surface area (Å²) in [6, 6.07) is 4.80. The molecule has 2 fully saturated rings. The molecule has 0 aliphatic carbocycles. The topological polar surface area (TPSA) is 87.0 Å². The zero-order chi connectivity index (χ0) is 22.8. The third kappa shape index (κ3) is 4.80. The molecule has 3 heterocycles. The van der Waals surface area contributed by atoms with Gasteiger partial charge in [0.1, 0.15) is 11.9 Å². The van der Waals surface area contributed by atoms with Crippen molar-refractivity contribution in [1.82, 2.24) is 20.4 Å². The van der Waals surface area contributed by atoms with Crippen molar-refractivity contribution in [1.29, 1.82) is 0 Å². The van der Waals surface area contributed by atoms with Crippen molar-refractivity contribution >= 4 is 51.9 Å². The molecular formula is C20H23FN6O3S2. The van der Waals surface area contributed by atoms with E-state index in [1.807, 2.05) is 9.80 Å². The van der Waals surface area contributed by atoms with Crippen LogP contribution in [0, 0.1) is 12.7 Å². The summed E-state index contributed by atoms with van der Waals surface area (Å²) in [5.74, 6) is 0.393. The molecule has 9 nitrogen and oxygen atoms in total. The lowest BCUT2D eigenvalue weighted by Crippen LogP contribution is -2.48. The highest BCUT2D eigenvalue weighted by atomic mass is 32.1. The molecule has 0 spiro atoms. The molecule has 1 aromatic carbocycles. The van der Waals surface area contributed by atoms with Crippen LogP contribution in [0.3, 0.4) is 0 Å². The van der Waals surface area contributed by atoms with Gasteiger partial charge in [0.25, 0.3) is 5.89 Å². The van der Waals surface area contributed by atoms with Crippen LogP contribution >= 0.6 is 24.4 Å². The molecule has 0 saturated carbocycles. The Balaban J connectivity index is 1.37. The van der Waals surface area contributed by atoms with Crippen molar-refractivity contribution < 1.29 is 18.3 Å². The third-order valence-electron chi connectivity index (χ3n) is 5.31. The van der Waals surface area contributed by atoms with Crippen LogP contribution in [0.15, 0.2) is 22.6 Å². The fraction of sp³-hybridized carbons (Fsp3) is 0.450. The van der Waals surface area contributed by atoms with E-state index in [-0.39, 0.29) is 6.10 Å². The minimum Gasteiger partial charge on any atom is -0.442 e. The van der Waals surface area contributed by atoms with E-state index in [1.54, 1.807) is 26.0 Å². The van der Waals surface area contributed by atoms with Gasteiger partial charge in [0.05, 0.1) is 29.5 Å². The number of hydrogen-bond acceptors (Lipinski definition) is 8. The van der Waals surface area contributed by atoms with E-state index in [4.69, 9.17) is 33.6 Å². The Bertz CT molecular complexity index is 1040. The van der Waals surface area contributed by atoms with Crippen molar-refractivity contribution in [3.8, 4) is 0 Å². The summed E-state index contributed by atoms with van der Waals surface area (Å²) in [5.41, 5.74) is 0.944. The van der Waals surface area contributed by atoms with Gasteiger partial charge in [-0.15, -0.1) is 10.2 Å². The van der Waals surface area contributed by atoms with Crippen molar-refractivity contribution in [3.63, 3.8) is 0 Å². The molecule has 1 N–H and O–H groups in total. The van der Waals surface area contributed by atoms with Gasteiger partial charge in [0.15, 0.2) is 4.99 Å². The van der Waals surface area contributed by atoms with E-state index < -0.39 is 11.9 Å². The summed E-state index contributed by atoms with van der Waals surface area (Å²) >= 11 is 10.4. The molecule has 12 heteroatoms. The lowest BCUT2D eigenvalue weighted by atomic mass is 10.2. The Morgan fingerprint density at radius 2 is 2.00 bits per heavy atom. The molecule has 2 aromatic rings. The second-order valence-corrected chi connectivity index (χ2v) is 8.59. The van der Waals surface area contributed by atoms with Gasteiger partial charge in [0.2, 0.25) is 5.89 Å². The predicted octanol–water partition coefficient (Wildman–Crippen LogP) is 2.28. The summed E-state index contributed by atoms with van der Waals surface area (Å²) in [6.07, 6.45) is -0.841. The average molecular weight is 479 g/mol. The molecule has 1 aromatic heterocycles. The van der Waals surface area contributed by atoms with Gasteiger partial charge in [0, 0.05) is 33.1 Å². The van der Waals surface area contributed by atoms with Crippen molar-refractivity contribution in [2.45, 2.75) is 20.0 Å². The zero-order valence-electron chi connectivity index (χ0n) is 17.7. The number of aromatic nitrogens is 2.